The van der Waals surface area contributed by atoms with E-state index in [-0.39, 0.29) is 12.5 Å². The molecule has 154 valence electrons. The molecule has 1 unspecified atom stereocenters. The molecule has 0 bridgehead atoms. The quantitative estimate of drug-likeness (QED) is 0.218. The number of allylic oxidation sites excluding steroid dienone is 4. The van der Waals surface area contributed by atoms with Crippen molar-refractivity contribution in [1.82, 2.24) is 0 Å². The van der Waals surface area contributed by atoms with Gasteiger partial charge in [-0.15, -0.1) is 0 Å². The number of ether oxygens (including phenoxy) is 1. The number of hydrogen-bond donors (Lipinski definition) is 2. The SMILES string of the molecule is CC(C)=CCC/C(C)=C/CCCCOCP(=O)(CP(=O)(O)O)OC(C)C. The Labute approximate surface area is 158 Å². The van der Waals surface area contributed by atoms with Crippen molar-refractivity contribution < 1.29 is 28.2 Å². The highest BCUT2D eigenvalue weighted by Gasteiger charge is 2.33. The summed E-state index contributed by atoms with van der Waals surface area (Å²) in [4.78, 5) is 18.2. The maximum Gasteiger partial charge on any atom is 0.335 e. The number of unbranched alkanes of at least 4 members (excludes halogenated alkanes) is 2. The first-order chi connectivity index (χ1) is 11.9. The molecular formula is C18H36O6P2. The van der Waals surface area contributed by atoms with Crippen LogP contribution in [0.25, 0.3) is 0 Å². The van der Waals surface area contributed by atoms with Crippen LogP contribution in [0.2, 0.25) is 0 Å². The predicted molar refractivity (Wildman–Crippen MR) is 108 cm³/mol. The smallest absolute Gasteiger partial charge is 0.335 e. The van der Waals surface area contributed by atoms with Gasteiger partial charge in [0.15, 0.2) is 0 Å². The predicted octanol–water partition coefficient (Wildman–Crippen LogP) is 5.66. The Kier molecular flexibility index (Phi) is 12.9. The molecule has 0 spiro atoms. The third-order valence-electron chi connectivity index (χ3n) is 3.42. The Morgan fingerprint density at radius 3 is 2.23 bits per heavy atom. The summed E-state index contributed by atoms with van der Waals surface area (Å²) in [6.07, 6.45) is 8.69. The topological polar surface area (TPSA) is 93.1 Å². The van der Waals surface area contributed by atoms with E-state index in [2.05, 4.69) is 32.9 Å². The van der Waals surface area contributed by atoms with Crippen LogP contribution in [-0.2, 0) is 18.4 Å². The maximum absolute atomic E-state index is 12.5. The molecule has 0 amide bonds. The van der Waals surface area contributed by atoms with E-state index in [9.17, 15) is 9.13 Å². The molecule has 0 aromatic heterocycles. The van der Waals surface area contributed by atoms with E-state index in [1.54, 1.807) is 13.8 Å². The van der Waals surface area contributed by atoms with E-state index in [4.69, 9.17) is 19.0 Å². The average molecular weight is 410 g/mol. The Morgan fingerprint density at radius 1 is 1.04 bits per heavy atom. The minimum Gasteiger partial charge on any atom is -0.371 e. The molecule has 0 radical (unpaired) electrons. The van der Waals surface area contributed by atoms with Crippen molar-refractivity contribution in [1.29, 1.82) is 0 Å². The number of hydrogen-bond acceptors (Lipinski definition) is 4. The van der Waals surface area contributed by atoms with E-state index in [0.717, 1.165) is 32.1 Å². The third kappa shape index (κ3) is 16.0. The Hall–Kier alpha value is -0.220. The molecule has 0 aliphatic rings. The summed E-state index contributed by atoms with van der Waals surface area (Å²) >= 11 is 0. The fraction of sp³-hybridized carbons (Fsp3) is 0.778. The van der Waals surface area contributed by atoms with Crippen molar-refractivity contribution in [3.63, 3.8) is 0 Å². The lowest BCUT2D eigenvalue weighted by Crippen LogP contribution is -2.09. The molecule has 1 atom stereocenters. The first-order valence-corrected chi connectivity index (χ1v) is 12.9. The molecule has 0 aromatic rings. The highest BCUT2D eigenvalue weighted by atomic mass is 31.2. The van der Waals surface area contributed by atoms with Crippen LogP contribution in [0.3, 0.4) is 0 Å². The molecular weight excluding hydrogens is 374 g/mol. The van der Waals surface area contributed by atoms with Gasteiger partial charge in [-0.05, 0) is 66.7 Å². The van der Waals surface area contributed by atoms with Gasteiger partial charge >= 0.3 is 7.60 Å². The second-order valence-corrected chi connectivity index (χ2v) is 11.7. The van der Waals surface area contributed by atoms with Gasteiger partial charge in [0.25, 0.3) is 0 Å². The van der Waals surface area contributed by atoms with Crippen molar-refractivity contribution in [3.8, 4) is 0 Å². The second kappa shape index (κ2) is 13.0. The van der Waals surface area contributed by atoms with E-state index >= 15 is 0 Å². The van der Waals surface area contributed by atoms with Crippen molar-refractivity contribution >= 4 is 15.0 Å². The van der Waals surface area contributed by atoms with Gasteiger partial charge in [-0.1, -0.05) is 23.3 Å². The van der Waals surface area contributed by atoms with Crippen LogP contribution in [0.5, 0.6) is 0 Å². The molecule has 2 N–H and O–H groups in total. The monoisotopic (exact) mass is 410 g/mol. The van der Waals surface area contributed by atoms with Gasteiger partial charge in [0.1, 0.15) is 12.3 Å². The molecule has 0 rings (SSSR count). The van der Waals surface area contributed by atoms with Crippen LogP contribution in [0.15, 0.2) is 23.3 Å². The van der Waals surface area contributed by atoms with E-state index in [1.807, 2.05) is 0 Å². The summed E-state index contributed by atoms with van der Waals surface area (Å²) in [6.45, 7) is 10.1. The van der Waals surface area contributed by atoms with Crippen molar-refractivity contribution in [3.05, 3.63) is 23.3 Å². The molecule has 0 saturated carbocycles. The Balaban J connectivity index is 4.09. The molecule has 0 aromatic carbocycles. The van der Waals surface area contributed by atoms with Gasteiger partial charge in [-0.2, -0.15) is 0 Å². The summed E-state index contributed by atoms with van der Waals surface area (Å²) < 4.78 is 34.3. The summed E-state index contributed by atoms with van der Waals surface area (Å²) in [5.41, 5.74) is 2.72. The fourth-order valence-electron chi connectivity index (χ4n) is 2.36. The molecule has 0 saturated heterocycles. The summed E-state index contributed by atoms with van der Waals surface area (Å²) in [5, 5.41) is 0. The lowest BCUT2D eigenvalue weighted by Gasteiger charge is -2.21. The molecule has 0 fully saturated rings. The fourth-order valence-corrected chi connectivity index (χ4v) is 6.44. The van der Waals surface area contributed by atoms with Gasteiger partial charge in [-0.25, -0.2) is 0 Å². The van der Waals surface area contributed by atoms with E-state index < -0.39 is 20.9 Å². The lowest BCUT2D eigenvalue weighted by atomic mass is 10.1. The largest absolute Gasteiger partial charge is 0.371 e. The molecule has 0 aliphatic carbocycles. The second-order valence-electron chi connectivity index (χ2n) is 7.18. The van der Waals surface area contributed by atoms with Gasteiger partial charge in [0, 0.05) is 6.61 Å². The molecule has 0 heterocycles. The third-order valence-corrected chi connectivity index (χ3v) is 8.00. The zero-order chi connectivity index (χ0) is 20.2. The molecule has 0 aliphatic heterocycles. The highest BCUT2D eigenvalue weighted by Crippen LogP contribution is 2.58. The van der Waals surface area contributed by atoms with Crippen molar-refractivity contribution in [2.75, 3.05) is 18.9 Å². The number of rotatable bonds is 14. The van der Waals surface area contributed by atoms with Gasteiger partial charge in [0.05, 0.1) is 6.10 Å². The standard InChI is InChI=1S/C18H36O6P2/c1-16(2)10-9-12-18(5)11-7-6-8-13-23-14-25(19,24-17(3)4)15-26(20,21)22/h10-11,17H,6-9,12-15H2,1-5H3,(H2,20,21,22)/b18-11+. The van der Waals surface area contributed by atoms with Crippen LogP contribution in [0.4, 0.5) is 0 Å². The first kappa shape index (κ1) is 25.8. The van der Waals surface area contributed by atoms with Crippen molar-refractivity contribution in [2.45, 2.75) is 72.8 Å². The Morgan fingerprint density at radius 2 is 1.69 bits per heavy atom. The summed E-state index contributed by atoms with van der Waals surface area (Å²) in [7, 11) is -7.91. The maximum atomic E-state index is 12.5. The van der Waals surface area contributed by atoms with Crippen LogP contribution in [0, 0.1) is 0 Å². The molecule has 8 heteroatoms. The highest BCUT2D eigenvalue weighted by molar-refractivity contribution is 7.73. The summed E-state index contributed by atoms with van der Waals surface area (Å²) in [6, 6.07) is 0. The van der Waals surface area contributed by atoms with Crippen LogP contribution >= 0.6 is 15.0 Å². The van der Waals surface area contributed by atoms with Gasteiger partial charge < -0.3 is 19.0 Å². The molecule has 6 nitrogen and oxygen atoms in total. The first-order valence-electron chi connectivity index (χ1n) is 9.11. The van der Waals surface area contributed by atoms with Crippen LogP contribution in [0.1, 0.15) is 66.7 Å². The van der Waals surface area contributed by atoms with E-state index in [0.29, 0.717) is 6.61 Å². The van der Waals surface area contributed by atoms with Crippen LogP contribution < -0.4 is 0 Å². The summed E-state index contributed by atoms with van der Waals surface area (Å²) in [5.74, 6) is -0.772. The average Bonchev–Trinajstić information content (AvgIpc) is 2.42. The van der Waals surface area contributed by atoms with E-state index in [1.165, 1.54) is 11.1 Å². The normalized spacial score (nSPS) is 15.2. The zero-order valence-electron chi connectivity index (χ0n) is 16.8. The van der Waals surface area contributed by atoms with Gasteiger partial charge in [-0.3, -0.25) is 9.13 Å². The lowest BCUT2D eigenvalue weighted by molar-refractivity contribution is 0.149. The molecule has 26 heavy (non-hydrogen) atoms. The zero-order valence-corrected chi connectivity index (χ0v) is 18.6. The minimum atomic E-state index is -4.42. The van der Waals surface area contributed by atoms with Crippen molar-refractivity contribution in [2.24, 2.45) is 0 Å². The minimum absolute atomic E-state index is 0.256. The van der Waals surface area contributed by atoms with Crippen LogP contribution in [-0.4, -0.2) is 34.7 Å². The Bertz CT molecular complexity index is 544. The van der Waals surface area contributed by atoms with Gasteiger partial charge in [0.2, 0.25) is 7.37 Å².